The van der Waals surface area contributed by atoms with Crippen LogP contribution < -0.4 is 15.2 Å². The minimum absolute atomic E-state index is 0.165. The highest BCUT2D eigenvalue weighted by molar-refractivity contribution is 5.83. The predicted octanol–water partition coefficient (Wildman–Crippen LogP) is 3.37. The number of nitrogens with zero attached hydrogens (tertiary/aromatic N) is 3. The maximum atomic E-state index is 9.72. The number of aromatic hydroxyl groups is 1. The first-order valence-electron chi connectivity index (χ1n) is 8.26. The van der Waals surface area contributed by atoms with Gasteiger partial charge in [-0.1, -0.05) is 18.2 Å². The predicted molar refractivity (Wildman–Crippen MR) is 103 cm³/mol. The Bertz CT molecular complexity index is 1140. The van der Waals surface area contributed by atoms with Crippen LogP contribution in [0.15, 0.2) is 54.9 Å². The van der Waals surface area contributed by atoms with E-state index in [9.17, 15) is 5.11 Å². The van der Waals surface area contributed by atoms with Gasteiger partial charge in [-0.15, -0.1) is 0 Å². The lowest BCUT2D eigenvalue weighted by Gasteiger charge is -2.10. The van der Waals surface area contributed by atoms with Crippen molar-refractivity contribution in [3.8, 4) is 39.5 Å². The highest BCUT2D eigenvalue weighted by Crippen LogP contribution is 2.35. The largest absolute Gasteiger partial charge is 0.508 e. The van der Waals surface area contributed by atoms with Gasteiger partial charge in [0.1, 0.15) is 11.6 Å². The fraction of sp³-hybridized carbons (Fsp3) is 0.100. The molecule has 0 amide bonds. The van der Waals surface area contributed by atoms with Crippen LogP contribution in [0.1, 0.15) is 0 Å². The van der Waals surface area contributed by atoms with Crippen molar-refractivity contribution in [2.45, 2.75) is 0 Å². The van der Waals surface area contributed by atoms with Gasteiger partial charge < -0.3 is 20.3 Å². The molecule has 2 heterocycles. The fourth-order valence-electron chi connectivity index (χ4n) is 3.05. The average Bonchev–Trinajstić information content (AvgIpc) is 3.12. The Labute approximate surface area is 155 Å². The number of ether oxygens (including phenoxy) is 2. The van der Waals surface area contributed by atoms with Crippen molar-refractivity contribution in [1.29, 1.82) is 0 Å². The fourth-order valence-corrected chi connectivity index (χ4v) is 3.05. The zero-order chi connectivity index (χ0) is 19.0. The van der Waals surface area contributed by atoms with E-state index in [0.717, 1.165) is 16.7 Å². The zero-order valence-corrected chi connectivity index (χ0v) is 14.9. The van der Waals surface area contributed by atoms with Crippen LogP contribution in [0, 0.1) is 0 Å². The van der Waals surface area contributed by atoms with Crippen molar-refractivity contribution < 1.29 is 14.6 Å². The van der Waals surface area contributed by atoms with Crippen molar-refractivity contribution in [3.63, 3.8) is 0 Å². The molecule has 3 N–H and O–H groups in total. The molecule has 4 aromatic rings. The van der Waals surface area contributed by atoms with Crippen molar-refractivity contribution in [2.24, 2.45) is 0 Å². The Morgan fingerprint density at radius 2 is 1.70 bits per heavy atom. The van der Waals surface area contributed by atoms with Crippen LogP contribution in [0.2, 0.25) is 0 Å². The second-order valence-corrected chi connectivity index (χ2v) is 5.97. The summed E-state index contributed by atoms with van der Waals surface area (Å²) < 4.78 is 12.3. The number of phenolic OH excluding ortho intramolecular Hbond substituents is 1. The van der Waals surface area contributed by atoms with E-state index in [2.05, 4.69) is 10.1 Å². The van der Waals surface area contributed by atoms with Gasteiger partial charge in [0.2, 0.25) is 0 Å². The molecule has 0 fully saturated rings. The van der Waals surface area contributed by atoms with E-state index in [4.69, 9.17) is 15.2 Å². The molecule has 7 nitrogen and oxygen atoms in total. The van der Waals surface area contributed by atoms with E-state index in [-0.39, 0.29) is 5.75 Å². The van der Waals surface area contributed by atoms with Crippen molar-refractivity contribution in [2.75, 3.05) is 20.0 Å². The third kappa shape index (κ3) is 2.79. The van der Waals surface area contributed by atoms with Gasteiger partial charge in [0.25, 0.3) is 0 Å². The Kier molecular flexibility index (Phi) is 4.04. The van der Waals surface area contributed by atoms with Crippen LogP contribution in [-0.2, 0) is 0 Å². The molecular formula is C20H18N4O3. The minimum atomic E-state index is 0.165. The lowest BCUT2D eigenvalue weighted by atomic mass is 10.1. The molecule has 0 aliphatic rings. The van der Waals surface area contributed by atoms with E-state index in [1.54, 1.807) is 49.3 Å². The van der Waals surface area contributed by atoms with Gasteiger partial charge in [0.05, 0.1) is 20.4 Å². The number of benzene rings is 2. The number of phenols is 1. The summed E-state index contributed by atoms with van der Waals surface area (Å²) in [5.41, 5.74) is 10.1. The molecule has 27 heavy (non-hydrogen) atoms. The van der Waals surface area contributed by atoms with E-state index in [1.807, 2.05) is 24.3 Å². The molecule has 0 spiro atoms. The Balaban J connectivity index is 1.85. The van der Waals surface area contributed by atoms with Gasteiger partial charge in [-0.3, -0.25) is 0 Å². The topological polar surface area (TPSA) is 94.9 Å². The van der Waals surface area contributed by atoms with Crippen molar-refractivity contribution in [1.82, 2.24) is 14.6 Å². The molecule has 0 saturated carbocycles. The molecule has 0 unspecified atom stereocenters. The molecule has 0 bridgehead atoms. The van der Waals surface area contributed by atoms with E-state index < -0.39 is 0 Å². The van der Waals surface area contributed by atoms with E-state index in [0.29, 0.717) is 28.5 Å². The zero-order valence-electron chi connectivity index (χ0n) is 14.9. The van der Waals surface area contributed by atoms with Gasteiger partial charge in [-0.05, 0) is 35.4 Å². The maximum absolute atomic E-state index is 9.72. The Hall–Kier alpha value is -3.74. The molecule has 2 aromatic heterocycles. The monoisotopic (exact) mass is 362 g/mol. The summed E-state index contributed by atoms with van der Waals surface area (Å²) in [5, 5.41) is 14.1. The van der Waals surface area contributed by atoms with Crippen LogP contribution in [0.3, 0.4) is 0 Å². The van der Waals surface area contributed by atoms with Crippen LogP contribution in [0.25, 0.3) is 27.9 Å². The highest BCUT2D eigenvalue weighted by atomic mass is 16.5. The molecular weight excluding hydrogens is 344 g/mol. The standard InChI is InChI=1S/C20H18N4O3/c1-26-17-7-6-13(9-18(17)27-2)16-11-23-24-19(21)15(10-22-20(16)24)12-4-3-5-14(25)8-12/h3-11,25H,21H2,1-2H3. The average molecular weight is 362 g/mol. The third-order valence-corrected chi connectivity index (χ3v) is 4.42. The molecule has 4 rings (SSSR count). The highest BCUT2D eigenvalue weighted by Gasteiger charge is 2.15. The van der Waals surface area contributed by atoms with Gasteiger partial charge in [-0.25, -0.2) is 4.98 Å². The summed E-state index contributed by atoms with van der Waals surface area (Å²) >= 11 is 0. The SMILES string of the molecule is COc1ccc(-c2cnn3c(N)c(-c4cccc(O)c4)cnc23)cc1OC. The summed E-state index contributed by atoms with van der Waals surface area (Å²) in [6.45, 7) is 0. The second kappa shape index (κ2) is 6.53. The van der Waals surface area contributed by atoms with Gasteiger partial charge >= 0.3 is 0 Å². The van der Waals surface area contributed by atoms with Crippen LogP contribution in [0.4, 0.5) is 5.82 Å². The Morgan fingerprint density at radius 3 is 2.44 bits per heavy atom. The second-order valence-electron chi connectivity index (χ2n) is 5.97. The first-order chi connectivity index (χ1) is 13.1. The summed E-state index contributed by atoms with van der Waals surface area (Å²) in [6.07, 6.45) is 3.40. The first-order valence-corrected chi connectivity index (χ1v) is 8.26. The molecule has 0 atom stereocenters. The first kappa shape index (κ1) is 16.7. The number of nitrogens with two attached hydrogens (primary N) is 1. The van der Waals surface area contributed by atoms with Crippen molar-refractivity contribution in [3.05, 3.63) is 54.9 Å². The van der Waals surface area contributed by atoms with Crippen LogP contribution in [0.5, 0.6) is 17.2 Å². The smallest absolute Gasteiger partial charge is 0.165 e. The van der Waals surface area contributed by atoms with Gasteiger partial charge in [0, 0.05) is 17.3 Å². The summed E-state index contributed by atoms with van der Waals surface area (Å²) in [4.78, 5) is 4.55. The van der Waals surface area contributed by atoms with E-state index >= 15 is 0 Å². The van der Waals surface area contributed by atoms with Gasteiger partial charge in [0.15, 0.2) is 17.1 Å². The van der Waals surface area contributed by atoms with Gasteiger partial charge in [-0.2, -0.15) is 9.61 Å². The number of methoxy groups -OCH3 is 2. The normalized spacial score (nSPS) is 10.9. The lowest BCUT2D eigenvalue weighted by molar-refractivity contribution is 0.355. The molecule has 7 heteroatoms. The maximum Gasteiger partial charge on any atom is 0.165 e. The number of aromatic nitrogens is 3. The van der Waals surface area contributed by atoms with Crippen LogP contribution in [-0.4, -0.2) is 33.9 Å². The lowest BCUT2D eigenvalue weighted by Crippen LogP contribution is -2.02. The summed E-state index contributed by atoms with van der Waals surface area (Å²) in [6, 6.07) is 12.5. The molecule has 0 radical (unpaired) electrons. The molecule has 0 aliphatic heterocycles. The molecule has 0 aliphatic carbocycles. The number of rotatable bonds is 4. The number of anilines is 1. The van der Waals surface area contributed by atoms with E-state index in [1.165, 1.54) is 0 Å². The van der Waals surface area contributed by atoms with Crippen molar-refractivity contribution >= 4 is 11.5 Å². The number of hydrogen-bond donors (Lipinski definition) is 2. The molecule has 0 saturated heterocycles. The molecule has 136 valence electrons. The minimum Gasteiger partial charge on any atom is -0.508 e. The Morgan fingerprint density at radius 1 is 0.926 bits per heavy atom. The summed E-state index contributed by atoms with van der Waals surface area (Å²) in [7, 11) is 3.19. The van der Waals surface area contributed by atoms with Crippen LogP contribution >= 0.6 is 0 Å². The number of nitrogen functional groups attached to an aromatic ring is 1. The quantitative estimate of drug-likeness (QED) is 0.578. The summed E-state index contributed by atoms with van der Waals surface area (Å²) in [5.74, 6) is 1.88. The number of hydrogen-bond acceptors (Lipinski definition) is 6. The number of fused-ring (bicyclic) bond motifs is 1. The third-order valence-electron chi connectivity index (χ3n) is 4.42. The molecule has 2 aromatic carbocycles.